The first-order valence-electron chi connectivity index (χ1n) is 8.08. The predicted octanol–water partition coefficient (Wildman–Crippen LogP) is 1.05. The minimum Gasteiger partial charge on any atom is -0.399 e. The summed E-state index contributed by atoms with van der Waals surface area (Å²) < 4.78 is 0. The van der Waals surface area contributed by atoms with Gasteiger partial charge in [-0.15, -0.1) is 0 Å². The number of nitrogens with two attached hydrogens (primary N) is 1. The van der Waals surface area contributed by atoms with E-state index >= 15 is 0 Å². The van der Waals surface area contributed by atoms with Crippen LogP contribution in [0.15, 0.2) is 36.2 Å². The number of ketones is 1. The lowest BCUT2D eigenvalue weighted by Crippen LogP contribution is -2.31. The van der Waals surface area contributed by atoms with Crippen molar-refractivity contribution in [2.24, 2.45) is 0 Å². The molecule has 1 amide bonds. The number of carbonyl (C=O) groups excluding carboxylic acids is 2. The standard InChI is InChI=1S/C18H17N5O2/c19-13-2-1-11-4-6-23(10-12(11)7-13)18-20-5-3-14(21-18)8-15-16(24)9-17(25)22-15/h1-3,5,7-8H,4,6,9-10,19H2,(H,22,25)/b15-8-. The molecule has 25 heavy (non-hydrogen) atoms. The fourth-order valence-corrected chi connectivity index (χ4v) is 3.11. The van der Waals surface area contributed by atoms with Crippen LogP contribution in [-0.2, 0) is 22.6 Å². The maximum absolute atomic E-state index is 11.7. The number of nitrogens with one attached hydrogen (secondary N) is 1. The van der Waals surface area contributed by atoms with Gasteiger partial charge in [-0.05, 0) is 41.8 Å². The third-order valence-corrected chi connectivity index (χ3v) is 4.38. The molecule has 126 valence electrons. The van der Waals surface area contributed by atoms with Gasteiger partial charge >= 0.3 is 0 Å². The number of hydrogen-bond donors (Lipinski definition) is 2. The number of nitrogens with zero attached hydrogens (tertiary/aromatic N) is 3. The van der Waals surface area contributed by atoms with Crippen LogP contribution >= 0.6 is 0 Å². The Balaban J connectivity index is 1.59. The summed E-state index contributed by atoms with van der Waals surface area (Å²) in [5.41, 5.74) is 9.97. The molecule has 0 unspecified atom stereocenters. The summed E-state index contributed by atoms with van der Waals surface area (Å²) in [4.78, 5) is 34.0. The minimum absolute atomic E-state index is 0.103. The molecule has 3 N–H and O–H groups in total. The highest BCUT2D eigenvalue weighted by Crippen LogP contribution is 2.24. The quantitative estimate of drug-likeness (QED) is 0.483. The minimum atomic E-state index is -0.282. The van der Waals surface area contributed by atoms with Crippen molar-refractivity contribution in [1.82, 2.24) is 15.3 Å². The van der Waals surface area contributed by atoms with Crippen molar-refractivity contribution in [3.63, 3.8) is 0 Å². The molecule has 1 saturated heterocycles. The zero-order chi connectivity index (χ0) is 17.4. The van der Waals surface area contributed by atoms with Crippen LogP contribution in [-0.4, -0.2) is 28.2 Å². The van der Waals surface area contributed by atoms with Crippen LogP contribution in [0.25, 0.3) is 6.08 Å². The Kier molecular flexibility index (Phi) is 3.68. The van der Waals surface area contributed by atoms with E-state index in [-0.39, 0.29) is 23.8 Å². The van der Waals surface area contributed by atoms with E-state index in [1.54, 1.807) is 18.3 Å². The van der Waals surface area contributed by atoms with Gasteiger partial charge in [-0.25, -0.2) is 9.97 Å². The second-order valence-electron chi connectivity index (χ2n) is 6.19. The SMILES string of the molecule is Nc1ccc2c(c1)CN(c1nccc(/C=C3\NC(=O)CC3=O)n1)CC2. The Morgan fingerprint density at radius 1 is 1.20 bits per heavy atom. The zero-order valence-corrected chi connectivity index (χ0v) is 13.5. The van der Waals surface area contributed by atoms with Gasteiger partial charge in [0.2, 0.25) is 11.9 Å². The summed E-state index contributed by atoms with van der Waals surface area (Å²) in [6.45, 7) is 1.50. The van der Waals surface area contributed by atoms with Crippen molar-refractivity contribution in [3.8, 4) is 0 Å². The van der Waals surface area contributed by atoms with Crippen LogP contribution < -0.4 is 16.0 Å². The van der Waals surface area contributed by atoms with Crippen molar-refractivity contribution in [2.45, 2.75) is 19.4 Å². The normalized spacial score (nSPS) is 18.4. The molecule has 0 spiro atoms. The van der Waals surface area contributed by atoms with Crippen LogP contribution in [0, 0.1) is 0 Å². The van der Waals surface area contributed by atoms with Gasteiger partial charge in [-0.1, -0.05) is 6.07 Å². The van der Waals surface area contributed by atoms with E-state index in [0.29, 0.717) is 18.2 Å². The van der Waals surface area contributed by atoms with E-state index in [9.17, 15) is 9.59 Å². The molecule has 2 aliphatic rings. The number of rotatable bonds is 2. The van der Waals surface area contributed by atoms with E-state index in [1.807, 2.05) is 12.1 Å². The van der Waals surface area contributed by atoms with Gasteiger partial charge in [0.1, 0.15) is 0 Å². The molecule has 0 bridgehead atoms. The number of fused-ring (bicyclic) bond motifs is 1. The lowest BCUT2D eigenvalue weighted by Gasteiger charge is -2.29. The monoisotopic (exact) mass is 335 g/mol. The molecule has 0 saturated carbocycles. The number of amides is 1. The molecule has 2 aromatic rings. The smallest absolute Gasteiger partial charge is 0.232 e. The van der Waals surface area contributed by atoms with Crippen molar-refractivity contribution >= 4 is 29.4 Å². The largest absolute Gasteiger partial charge is 0.399 e. The zero-order valence-electron chi connectivity index (χ0n) is 13.5. The second kappa shape index (κ2) is 6.01. The molecule has 2 aliphatic heterocycles. The summed E-state index contributed by atoms with van der Waals surface area (Å²) in [5, 5.41) is 2.56. The molecular weight excluding hydrogens is 318 g/mol. The fraction of sp³-hybridized carbons (Fsp3) is 0.222. The number of nitrogen functional groups attached to an aromatic ring is 1. The van der Waals surface area contributed by atoms with Crippen molar-refractivity contribution < 1.29 is 9.59 Å². The molecule has 0 aliphatic carbocycles. The van der Waals surface area contributed by atoms with E-state index in [4.69, 9.17) is 5.73 Å². The van der Waals surface area contributed by atoms with Crippen molar-refractivity contribution in [1.29, 1.82) is 0 Å². The number of anilines is 2. The number of allylic oxidation sites excluding steroid dienone is 1. The molecule has 0 atom stereocenters. The molecule has 7 nitrogen and oxygen atoms in total. The van der Waals surface area contributed by atoms with Crippen molar-refractivity contribution in [2.75, 3.05) is 17.2 Å². The Morgan fingerprint density at radius 3 is 2.88 bits per heavy atom. The topological polar surface area (TPSA) is 101 Å². The predicted molar refractivity (Wildman–Crippen MR) is 93.4 cm³/mol. The summed E-state index contributed by atoms with van der Waals surface area (Å²) in [6.07, 6.45) is 4.05. The Morgan fingerprint density at radius 2 is 2.08 bits per heavy atom. The van der Waals surface area contributed by atoms with Crippen LogP contribution in [0.5, 0.6) is 0 Å². The summed E-state index contributed by atoms with van der Waals surface area (Å²) in [5.74, 6) is 0.0995. The number of benzene rings is 1. The first kappa shape index (κ1) is 15.3. The second-order valence-corrected chi connectivity index (χ2v) is 6.19. The van der Waals surface area contributed by atoms with Gasteiger partial charge in [-0.3, -0.25) is 9.59 Å². The lowest BCUT2D eigenvalue weighted by atomic mass is 9.99. The average Bonchev–Trinajstić information content (AvgIpc) is 2.91. The summed E-state index contributed by atoms with van der Waals surface area (Å²) in [7, 11) is 0. The van der Waals surface area contributed by atoms with Crippen LogP contribution in [0.1, 0.15) is 23.2 Å². The van der Waals surface area contributed by atoms with Crippen LogP contribution in [0.2, 0.25) is 0 Å². The maximum atomic E-state index is 11.7. The molecule has 1 fully saturated rings. The third-order valence-electron chi connectivity index (χ3n) is 4.38. The summed E-state index contributed by atoms with van der Waals surface area (Å²) in [6, 6.07) is 7.69. The van der Waals surface area contributed by atoms with E-state index in [0.717, 1.165) is 18.7 Å². The molecule has 0 radical (unpaired) electrons. The molecule has 1 aromatic carbocycles. The highest BCUT2D eigenvalue weighted by Gasteiger charge is 2.24. The van der Waals surface area contributed by atoms with Gasteiger partial charge in [0, 0.05) is 25.0 Å². The van der Waals surface area contributed by atoms with E-state index < -0.39 is 0 Å². The maximum Gasteiger partial charge on any atom is 0.232 e. The molecule has 1 aromatic heterocycles. The van der Waals surface area contributed by atoms with Gasteiger partial charge in [0.15, 0.2) is 5.78 Å². The van der Waals surface area contributed by atoms with E-state index in [1.165, 1.54) is 11.1 Å². The molecule has 4 rings (SSSR count). The van der Waals surface area contributed by atoms with Gasteiger partial charge in [-0.2, -0.15) is 0 Å². The van der Waals surface area contributed by atoms with E-state index in [2.05, 4.69) is 26.3 Å². The highest BCUT2D eigenvalue weighted by molar-refractivity contribution is 6.16. The van der Waals surface area contributed by atoms with Crippen molar-refractivity contribution in [3.05, 3.63) is 53.0 Å². The number of carbonyl (C=O) groups is 2. The van der Waals surface area contributed by atoms with Gasteiger partial charge < -0.3 is 16.0 Å². The number of hydrogen-bond acceptors (Lipinski definition) is 6. The van der Waals surface area contributed by atoms with Gasteiger partial charge in [0.05, 0.1) is 17.8 Å². The Labute approximate surface area is 144 Å². The molecule has 3 heterocycles. The average molecular weight is 335 g/mol. The lowest BCUT2D eigenvalue weighted by molar-refractivity contribution is -0.121. The van der Waals surface area contributed by atoms with Crippen LogP contribution in [0.4, 0.5) is 11.6 Å². The van der Waals surface area contributed by atoms with Crippen LogP contribution in [0.3, 0.4) is 0 Å². The Hall–Kier alpha value is -3.22. The fourth-order valence-electron chi connectivity index (χ4n) is 3.11. The third kappa shape index (κ3) is 3.08. The summed E-state index contributed by atoms with van der Waals surface area (Å²) >= 11 is 0. The molecule has 7 heteroatoms. The first-order valence-corrected chi connectivity index (χ1v) is 8.08. The number of aromatic nitrogens is 2. The highest BCUT2D eigenvalue weighted by atomic mass is 16.2. The first-order chi connectivity index (χ1) is 12.1. The van der Waals surface area contributed by atoms with Gasteiger partial charge in [0.25, 0.3) is 0 Å². The Bertz CT molecular complexity index is 906. The molecular formula is C18H17N5O2. The number of Topliss-reactive ketones (excluding diaryl/α,β-unsaturated/α-hetero) is 1.